The summed E-state index contributed by atoms with van der Waals surface area (Å²) in [5.41, 5.74) is 1.05. The van der Waals surface area contributed by atoms with Gasteiger partial charge < -0.3 is 8.85 Å². The molecule has 0 saturated carbocycles. The molecule has 0 spiro atoms. The highest BCUT2D eigenvalue weighted by molar-refractivity contribution is 6.70. The van der Waals surface area contributed by atoms with E-state index in [4.69, 9.17) is 8.85 Å². The van der Waals surface area contributed by atoms with E-state index in [0.717, 1.165) is 0 Å². The molecule has 1 aliphatic carbocycles. The van der Waals surface area contributed by atoms with Crippen molar-refractivity contribution in [1.29, 1.82) is 0 Å². The topological polar surface area (TPSA) is 18.5 Å². The van der Waals surface area contributed by atoms with Crippen molar-refractivity contribution < 1.29 is 8.85 Å². The Morgan fingerprint density at radius 2 is 1.92 bits per heavy atom. The predicted octanol–water partition coefficient (Wildman–Crippen LogP) is 2.85. The van der Waals surface area contributed by atoms with Gasteiger partial charge in [-0.15, -0.1) is 0 Å². The second kappa shape index (κ2) is 4.40. The highest BCUT2D eigenvalue weighted by Crippen LogP contribution is 2.40. The maximum atomic E-state index is 5.70. The molecule has 1 rings (SSSR count). The normalized spacial score (nSPS) is 23.0. The van der Waals surface area contributed by atoms with Crippen LogP contribution < -0.4 is 0 Å². The first-order valence-electron chi connectivity index (χ1n) is 4.94. The fourth-order valence-electron chi connectivity index (χ4n) is 2.25. The van der Waals surface area contributed by atoms with Crippen LogP contribution in [-0.4, -0.2) is 22.8 Å². The summed E-state index contributed by atoms with van der Waals surface area (Å²) in [4.78, 5) is 0. The molecule has 76 valence electrons. The molecule has 0 aliphatic heterocycles. The lowest BCUT2D eigenvalue weighted by molar-refractivity contribution is 0.224. The molecule has 0 amide bonds. The first kappa shape index (κ1) is 11.0. The molecule has 0 aromatic carbocycles. The van der Waals surface area contributed by atoms with Crippen molar-refractivity contribution in [3.63, 3.8) is 0 Å². The summed E-state index contributed by atoms with van der Waals surface area (Å²) in [6, 6.07) is 0. The van der Waals surface area contributed by atoms with Gasteiger partial charge in [0.05, 0.1) is 0 Å². The second-order valence-electron chi connectivity index (χ2n) is 3.90. The average molecular weight is 200 g/mol. The average Bonchev–Trinajstić information content (AvgIpc) is 2.60. The molecular weight excluding hydrogens is 180 g/mol. The van der Waals surface area contributed by atoms with E-state index in [0.29, 0.717) is 11.1 Å². The van der Waals surface area contributed by atoms with E-state index >= 15 is 0 Å². The first-order valence-corrected chi connectivity index (χ1v) is 6.91. The molecule has 0 saturated heterocycles. The lowest BCUT2D eigenvalue weighted by atomic mass is 10.4. The second-order valence-corrected chi connectivity index (χ2v) is 8.05. The Bertz CT molecular complexity index is 185. The SMILES string of the molecule is CO[Si](OC)(C(C)C)C1C=CCC1. The third-order valence-corrected chi connectivity index (χ3v) is 7.37. The van der Waals surface area contributed by atoms with E-state index in [9.17, 15) is 0 Å². The van der Waals surface area contributed by atoms with Gasteiger partial charge in [0.25, 0.3) is 0 Å². The molecule has 0 radical (unpaired) electrons. The van der Waals surface area contributed by atoms with Crippen LogP contribution in [-0.2, 0) is 8.85 Å². The molecule has 0 heterocycles. The van der Waals surface area contributed by atoms with Gasteiger partial charge in [-0.3, -0.25) is 0 Å². The Morgan fingerprint density at radius 1 is 1.31 bits per heavy atom. The molecule has 0 bridgehead atoms. The summed E-state index contributed by atoms with van der Waals surface area (Å²) >= 11 is 0. The van der Waals surface area contributed by atoms with Crippen molar-refractivity contribution >= 4 is 8.56 Å². The lowest BCUT2D eigenvalue weighted by Gasteiger charge is -2.35. The first-order chi connectivity index (χ1) is 6.17. The molecule has 1 atom stereocenters. The quantitative estimate of drug-likeness (QED) is 0.513. The van der Waals surface area contributed by atoms with Crippen molar-refractivity contribution in [2.75, 3.05) is 14.2 Å². The van der Waals surface area contributed by atoms with E-state index in [1.54, 1.807) is 14.2 Å². The number of rotatable bonds is 4. The predicted molar refractivity (Wildman–Crippen MR) is 57.0 cm³/mol. The monoisotopic (exact) mass is 200 g/mol. The number of hydrogen-bond donors (Lipinski definition) is 0. The third-order valence-electron chi connectivity index (χ3n) is 2.97. The maximum absolute atomic E-state index is 5.70. The van der Waals surface area contributed by atoms with Crippen LogP contribution in [0.3, 0.4) is 0 Å². The van der Waals surface area contributed by atoms with Gasteiger partial charge in [0.1, 0.15) is 0 Å². The van der Waals surface area contributed by atoms with Crippen LogP contribution in [0.1, 0.15) is 26.7 Å². The van der Waals surface area contributed by atoms with E-state index in [-0.39, 0.29) is 0 Å². The summed E-state index contributed by atoms with van der Waals surface area (Å²) in [7, 11) is 1.61. The maximum Gasteiger partial charge on any atom is 0.347 e. The highest BCUT2D eigenvalue weighted by Gasteiger charge is 2.46. The molecule has 0 aromatic rings. The Labute approximate surface area is 82.2 Å². The van der Waals surface area contributed by atoms with Gasteiger partial charge in [-0.1, -0.05) is 26.0 Å². The molecule has 0 N–H and O–H groups in total. The van der Waals surface area contributed by atoms with Crippen LogP contribution in [0.15, 0.2) is 12.2 Å². The Kier molecular flexibility index (Phi) is 3.70. The summed E-state index contributed by atoms with van der Waals surface area (Å²) in [6.07, 6.45) is 6.90. The zero-order valence-electron chi connectivity index (χ0n) is 9.04. The molecule has 0 aromatic heterocycles. The van der Waals surface area contributed by atoms with E-state index in [1.165, 1.54) is 12.8 Å². The van der Waals surface area contributed by atoms with Crippen molar-refractivity contribution in [3.8, 4) is 0 Å². The minimum atomic E-state index is -1.97. The molecule has 2 nitrogen and oxygen atoms in total. The van der Waals surface area contributed by atoms with E-state index in [2.05, 4.69) is 26.0 Å². The summed E-state index contributed by atoms with van der Waals surface area (Å²) < 4.78 is 11.4. The van der Waals surface area contributed by atoms with Gasteiger partial charge in [-0.25, -0.2) is 0 Å². The van der Waals surface area contributed by atoms with Gasteiger partial charge in [0, 0.05) is 19.8 Å². The molecule has 0 fully saturated rings. The molecule has 1 aliphatic rings. The van der Waals surface area contributed by atoms with Crippen LogP contribution in [0.5, 0.6) is 0 Å². The van der Waals surface area contributed by atoms with E-state index < -0.39 is 8.56 Å². The van der Waals surface area contributed by atoms with Crippen LogP contribution in [0.2, 0.25) is 11.1 Å². The van der Waals surface area contributed by atoms with Gasteiger partial charge in [0.2, 0.25) is 0 Å². The Balaban J connectivity index is 2.81. The van der Waals surface area contributed by atoms with Crippen LogP contribution in [0.25, 0.3) is 0 Å². The minimum Gasteiger partial charge on any atom is -0.397 e. The van der Waals surface area contributed by atoms with Crippen LogP contribution >= 0.6 is 0 Å². The van der Waals surface area contributed by atoms with Crippen molar-refractivity contribution in [1.82, 2.24) is 0 Å². The molecule has 1 unspecified atom stereocenters. The smallest absolute Gasteiger partial charge is 0.347 e. The Hall–Kier alpha value is -0.123. The number of allylic oxidation sites excluding steroid dienone is 2. The fourth-order valence-corrected chi connectivity index (χ4v) is 5.80. The Morgan fingerprint density at radius 3 is 2.23 bits per heavy atom. The van der Waals surface area contributed by atoms with Crippen molar-refractivity contribution in [3.05, 3.63) is 12.2 Å². The van der Waals surface area contributed by atoms with E-state index in [1.807, 2.05) is 0 Å². The number of hydrogen-bond acceptors (Lipinski definition) is 2. The van der Waals surface area contributed by atoms with Gasteiger partial charge in [-0.2, -0.15) is 0 Å². The van der Waals surface area contributed by atoms with Crippen LogP contribution in [0, 0.1) is 0 Å². The molecule has 13 heavy (non-hydrogen) atoms. The van der Waals surface area contributed by atoms with Gasteiger partial charge >= 0.3 is 8.56 Å². The van der Waals surface area contributed by atoms with Crippen molar-refractivity contribution in [2.45, 2.75) is 37.8 Å². The lowest BCUT2D eigenvalue weighted by Crippen LogP contribution is -2.47. The molecular formula is C10H20O2Si. The summed E-state index contributed by atoms with van der Waals surface area (Å²) in [5.74, 6) is 0. The zero-order valence-corrected chi connectivity index (χ0v) is 10.0. The molecule has 3 heteroatoms. The summed E-state index contributed by atoms with van der Waals surface area (Å²) in [6.45, 7) is 4.40. The highest BCUT2D eigenvalue weighted by atomic mass is 28.4. The largest absolute Gasteiger partial charge is 0.397 e. The minimum absolute atomic E-state index is 0.509. The summed E-state index contributed by atoms with van der Waals surface area (Å²) in [5, 5.41) is 0. The van der Waals surface area contributed by atoms with Gasteiger partial charge in [-0.05, 0) is 18.4 Å². The standard InChI is InChI=1S/C10H20O2Si/c1-9(2)13(11-3,12-4)10-7-5-6-8-10/h5,7,9-10H,6,8H2,1-4H3. The van der Waals surface area contributed by atoms with Crippen LogP contribution in [0.4, 0.5) is 0 Å². The van der Waals surface area contributed by atoms with Crippen molar-refractivity contribution in [2.24, 2.45) is 0 Å². The zero-order chi connectivity index (χ0) is 9.90. The third kappa shape index (κ3) is 1.87. The van der Waals surface area contributed by atoms with Gasteiger partial charge in [0.15, 0.2) is 0 Å². The fraction of sp³-hybridized carbons (Fsp3) is 0.800.